The third-order valence-corrected chi connectivity index (χ3v) is 3.48. The molecule has 1 atom stereocenters. The predicted octanol–water partition coefficient (Wildman–Crippen LogP) is 1.31. The van der Waals surface area contributed by atoms with Crippen LogP contribution in [0, 0.1) is 0 Å². The maximum atomic E-state index is 12.4. The number of nitrogens with one attached hydrogen (secondary N) is 1. The van der Waals surface area contributed by atoms with Gasteiger partial charge in [0, 0.05) is 10.9 Å². The van der Waals surface area contributed by atoms with Crippen LogP contribution in [0.5, 0.6) is 0 Å². The van der Waals surface area contributed by atoms with Crippen molar-refractivity contribution in [1.29, 1.82) is 0 Å². The molecule has 7 heteroatoms. The van der Waals surface area contributed by atoms with E-state index in [0.717, 1.165) is 0 Å². The van der Waals surface area contributed by atoms with E-state index in [2.05, 4.69) is 10.2 Å². The second-order valence-corrected chi connectivity index (χ2v) is 5.05. The number of esters is 1. The molecule has 1 amide bonds. The van der Waals surface area contributed by atoms with Crippen molar-refractivity contribution in [3.8, 4) is 0 Å². The molecule has 1 aromatic heterocycles. The lowest BCUT2D eigenvalue weighted by atomic mass is 10.1. The maximum absolute atomic E-state index is 12.4. The average molecular weight is 323 g/mol. The Kier molecular flexibility index (Phi) is 4.07. The van der Waals surface area contributed by atoms with Crippen molar-refractivity contribution < 1.29 is 14.3 Å². The fourth-order valence-corrected chi connectivity index (χ4v) is 2.35. The Labute approximate surface area is 136 Å². The highest BCUT2D eigenvalue weighted by molar-refractivity contribution is 6.02. The number of rotatable bonds is 4. The number of carbonyl (C=O) groups excluding carboxylic acids is 2. The fourth-order valence-electron chi connectivity index (χ4n) is 2.35. The summed E-state index contributed by atoms with van der Waals surface area (Å²) in [5.74, 6) is -1.65. The lowest BCUT2D eigenvalue weighted by Crippen LogP contribution is -2.27. The van der Waals surface area contributed by atoms with Crippen LogP contribution in [0.15, 0.2) is 59.4 Å². The summed E-state index contributed by atoms with van der Waals surface area (Å²) in [6, 6.07) is 14.9. The molecular formula is C17H13N3O4. The Morgan fingerprint density at radius 3 is 2.29 bits per heavy atom. The van der Waals surface area contributed by atoms with Crippen molar-refractivity contribution in [3.05, 3.63) is 76.2 Å². The zero-order valence-electron chi connectivity index (χ0n) is 12.4. The molecule has 0 aliphatic heterocycles. The number of nitrogens with two attached hydrogens (primary N) is 1. The second-order valence-electron chi connectivity index (χ2n) is 5.05. The third-order valence-electron chi connectivity index (χ3n) is 3.48. The molecule has 7 nitrogen and oxygen atoms in total. The number of primary amides is 1. The van der Waals surface area contributed by atoms with Crippen LogP contribution in [0.4, 0.5) is 0 Å². The first-order valence-electron chi connectivity index (χ1n) is 7.10. The van der Waals surface area contributed by atoms with Crippen molar-refractivity contribution in [2.45, 2.75) is 6.10 Å². The Balaban J connectivity index is 1.99. The largest absolute Gasteiger partial charge is 0.443 e. The predicted molar refractivity (Wildman–Crippen MR) is 86.2 cm³/mol. The van der Waals surface area contributed by atoms with Gasteiger partial charge in [-0.3, -0.25) is 9.59 Å². The highest BCUT2D eigenvalue weighted by atomic mass is 16.5. The van der Waals surface area contributed by atoms with Crippen LogP contribution < -0.4 is 11.3 Å². The molecule has 120 valence electrons. The number of benzene rings is 2. The molecule has 1 unspecified atom stereocenters. The molecule has 0 spiro atoms. The number of hydrogen-bond acceptors (Lipinski definition) is 5. The summed E-state index contributed by atoms with van der Waals surface area (Å²) >= 11 is 0. The first-order chi connectivity index (χ1) is 11.6. The van der Waals surface area contributed by atoms with Crippen LogP contribution in [0.25, 0.3) is 10.8 Å². The number of aromatic amines is 1. The summed E-state index contributed by atoms with van der Waals surface area (Å²) in [5, 5.41) is 6.63. The quantitative estimate of drug-likeness (QED) is 0.702. The smallest absolute Gasteiger partial charge is 0.360 e. The molecule has 2 aromatic carbocycles. The Hall–Kier alpha value is -3.48. The fraction of sp³-hybridized carbons (Fsp3) is 0.0588. The van der Waals surface area contributed by atoms with Gasteiger partial charge in [-0.2, -0.15) is 5.10 Å². The molecule has 3 rings (SSSR count). The normalized spacial score (nSPS) is 11.8. The van der Waals surface area contributed by atoms with Crippen LogP contribution in [0.3, 0.4) is 0 Å². The summed E-state index contributed by atoms with van der Waals surface area (Å²) in [5.41, 5.74) is 5.28. The number of ether oxygens (including phenoxy) is 1. The molecule has 0 saturated heterocycles. The van der Waals surface area contributed by atoms with E-state index in [0.29, 0.717) is 16.3 Å². The number of carbonyl (C=O) groups is 2. The standard InChI is InChI=1S/C17H13N3O4/c18-15(21)14(10-6-2-1-3-7-10)24-17(23)13-11-8-4-5-9-12(11)16(22)20-19-13/h1-9,14H,(H2,18,21)(H,20,22). The van der Waals surface area contributed by atoms with Crippen molar-refractivity contribution in [2.24, 2.45) is 5.73 Å². The van der Waals surface area contributed by atoms with Gasteiger partial charge >= 0.3 is 5.97 Å². The van der Waals surface area contributed by atoms with Crippen LogP contribution in [-0.4, -0.2) is 22.1 Å². The molecule has 0 radical (unpaired) electrons. The molecule has 0 saturated carbocycles. The summed E-state index contributed by atoms with van der Waals surface area (Å²) in [6.07, 6.45) is -1.24. The summed E-state index contributed by atoms with van der Waals surface area (Å²) < 4.78 is 5.23. The van der Waals surface area contributed by atoms with Crippen molar-refractivity contribution in [2.75, 3.05) is 0 Å². The molecule has 3 N–H and O–H groups in total. The number of aromatic nitrogens is 2. The van der Waals surface area contributed by atoms with Gasteiger partial charge in [-0.05, 0) is 6.07 Å². The van der Waals surface area contributed by atoms with E-state index < -0.39 is 23.5 Å². The van der Waals surface area contributed by atoms with Crippen molar-refractivity contribution in [1.82, 2.24) is 10.2 Å². The van der Waals surface area contributed by atoms with Crippen molar-refractivity contribution >= 4 is 22.6 Å². The first-order valence-corrected chi connectivity index (χ1v) is 7.10. The lowest BCUT2D eigenvalue weighted by Gasteiger charge is -2.15. The molecule has 0 aliphatic rings. The zero-order chi connectivity index (χ0) is 17.1. The van der Waals surface area contributed by atoms with E-state index in [9.17, 15) is 14.4 Å². The SMILES string of the molecule is NC(=O)C(OC(=O)c1n[nH]c(=O)c2ccccc12)c1ccccc1. The van der Waals surface area contributed by atoms with E-state index in [1.807, 2.05) is 0 Å². The molecule has 0 aliphatic carbocycles. The van der Waals surface area contributed by atoms with Crippen LogP contribution >= 0.6 is 0 Å². The van der Waals surface area contributed by atoms with E-state index in [4.69, 9.17) is 10.5 Å². The van der Waals surface area contributed by atoms with Gasteiger partial charge in [0.05, 0.1) is 5.39 Å². The molecule has 0 fully saturated rings. The van der Waals surface area contributed by atoms with Crippen molar-refractivity contribution in [3.63, 3.8) is 0 Å². The third kappa shape index (κ3) is 2.87. The highest BCUT2D eigenvalue weighted by Gasteiger charge is 2.25. The van der Waals surface area contributed by atoms with Crippen LogP contribution in [0.2, 0.25) is 0 Å². The van der Waals surface area contributed by atoms with E-state index in [-0.39, 0.29) is 5.69 Å². The summed E-state index contributed by atoms with van der Waals surface area (Å²) in [7, 11) is 0. The van der Waals surface area contributed by atoms with Gasteiger partial charge in [0.25, 0.3) is 11.5 Å². The number of H-pyrrole nitrogens is 1. The topological polar surface area (TPSA) is 115 Å². The summed E-state index contributed by atoms with van der Waals surface area (Å²) in [4.78, 5) is 35.9. The minimum Gasteiger partial charge on any atom is -0.443 e. The van der Waals surface area contributed by atoms with Gasteiger partial charge in [-0.15, -0.1) is 0 Å². The second kappa shape index (κ2) is 6.33. The average Bonchev–Trinajstić information content (AvgIpc) is 2.60. The van der Waals surface area contributed by atoms with Gasteiger partial charge in [0.1, 0.15) is 0 Å². The first kappa shape index (κ1) is 15.4. The Morgan fingerprint density at radius 2 is 1.62 bits per heavy atom. The van der Waals surface area contributed by atoms with Gasteiger partial charge in [-0.1, -0.05) is 48.5 Å². The van der Waals surface area contributed by atoms with Crippen LogP contribution in [-0.2, 0) is 9.53 Å². The maximum Gasteiger partial charge on any atom is 0.360 e. The lowest BCUT2D eigenvalue weighted by molar-refractivity contribution is -0.127. The summed E-state index contributed by atoms with van der Waals surface area (Å²) in [6.45, 7) is 0. The Morgan fingerprint density at radius 1 is 1.00 bits per heavy atom. The van der Waals surface area contributed by atoms with E-state index in [1.54, 1.807) is 54.6 Å². The Bertz CT molecular complexity index is 966. The minimum absolute atomic E-state index is 0.0904. The highest BCUT2D eigenvalue weighted by Crippen LogP contribution is 2.20. The molecule has 1 heterocycles. The van der Waals surface area contributed by atoms with Gasteiger partial charge in [-0.25, -0.2) is 9.89 Å². The van der Waals surface area contributed by atoms with E-state index in [1.165, 1.54) is 0 Å². The molecule has 3 aromatic rings. The molecule has 24 heavy (non-hydrogen) atoms. The minimum atomic E-state index is -1.24. The number of amides is 1. The van der Waals surface area contributed by atoms with Gasteiger partial charge < -0.3 is 10.5 Å². The molecule has 0 bridgehead atoms. The van der Waals surface area contributed by atoms with E-state index >= 15 is 0 Å². The monoisotopic (exact) mass is 323 g/mol. The van der Waals surface area contributed by atoms with Crippen LogP contribution in [0.1, 0.15) is 22.2 Å². The number of nitrogens with zero attached hydrogens (tertiary/aromatic N) is 1. The van der Waals surface area contributed by atoms with Gasteiger partial charge in [0.2, 0.25) is 6.10 Å². The van der Waals surface area contributed by atoms with Gasteiger partial charge in [0.15, 0.2) is 5.69 Å². The number of hydrogen-bond donors (Lipinski definition) is 2. The molecular weight excluding hydrogens is 310 g/mol. The zero-order valence-corrected chi connectivity index (χ0v) is 12.4. The number of fused-ring (bicyclic) bond motifs is 1.